The van der Waals surface area contributed by atoms with Gasteiger partial charge in [-0.15, -0.1) is 0 Å². The highest BCUT2D eigenvalue weighted by atomic mass is 35.5. The number of amides is 1. The minimum Gasteiger partial charge on any atom is -0.372 e. The standard InChI is InChI=1S/C23H25ClN2O4S/c1-16-11-26(12-17(2)30-16)23(27)14-25-13-22(19-8-4-6-10-21(19)25)31(28,29)15-18-7-3-5-9-20(18)24/h3-10,13,16-17H,11-12,14-15H2,1-2H3/t16-,17-/m0/s1. The molecule has 1 amide bonds. The number of rotatable bonds is 5. The number of ether oxygens (including phenoxy) is 1. The number of fused-ring (bicyclic) bond motifs is 1. The van der Waals surface area contributed by atoms with Crippen LogP contribution >= 0.6 is 11.6 Å². The molecule has 0 unspecified atom stereocenters. The molecule has 2 heterocycles. The molecular weight excluding hydrogens is 436 g/mol. The lowest BCUT2D eigenvalue weighted by Gasteiger charge is -2.35. The van der Waals surface area contributed by atoms with Crippen LogP contribution in [-0.4, -0.2) is 49.1 Å². The molecule has 31 heavy (non-hydrogen) atoms. The van der Waals surface area contributed by atoms with Crippen LogP contribution in [0.5, 0.6) is 0 Å². The van der Waals surface area contributed by atoms with Gasteiger partial charge in [0.2, 0.25) is 5.91 Å². The van der Waals surface area contributed by atoms with Crippen LogP contribution in [0.3, 0.4) is 0 Å². The van der Waals surface area contributed by atoms with Gasteiger partial charge in [0, 0.05) is 35.2 Å². The number of sulfone groups is 1. The Bertz CT molecular complexity index is 1210. The summed E-state index contributed by atoms with van der Waals surface area (Å²) >= 11 is 6.19. The summed E-state index contributed by atoms with van der Waals surface area (Å²) in [5.74, 6) is -0.259. The van der Waals surface area contributed by atoms with E-state index >= 15 is 0 Å². The summed E-state index contributed by atoms with van der Waals surface area (Å²) in [6.07, 6.45) is 1.52. The molecule has 0 spiro atoms. The highest BCUT2D eigenvalue weighted by molar-refractivity contribution is 7.90. The van der Waals surface area contributed by atoms with Crippen molar-refractivity contribution >= 4 is 38.2 Å². The highest BCUT2D eigenvalue weighted by Crippen LogP contribution is 2.29. The largest absolute Gasteiger partial charge is 0.372 e. The molecule has 2 aromatic carbocycles. The molecule has 3 aromatic rings. The molecule has 8 heteroatoms. The van der Waals surface area contributed by atoms with Gasteiger partial charge in [0.15, 0.2) is 9.84 Å². The second kappa shape index (κ2) is 8.65. The first-order valence-corrected chi connectivity index (χ1v) is 12.2. The van der Waals surface area contributed by atoms with Crippen molar-refractivity contribution in [2.45, 2.75) is 43.2 Å². The number of hydrogen-bond acceptors (Lipinski definition) is 4. The summed E-state index contributed by atoms with van der Waals surface area (Å²) in [7, 11) is -3.67. The summed E-state index contributed by atoms with van der Waals surface area (Å²) in [4.78, 5) is 15.0. The Morgan fingerprint density at radius 3 is 2.42 bits per heavy atom. The molecule has 1 aliphatic heterocycles. The van der Waals surface area contributed by atoms with Crippen molar-refractivity contribution in [3.05, 3.63) is 65.3 Å². The van der Waals surface area contributed by atoms with Crippen molar-refractivity contribution in [3.8, 4) is 0 Å². The van der Waals surface area contributed by atoms with E-state index in [2.05, 4.69) is 0 Å². The van der Waals surface area contributed by atoms with E-state index in [9.17, 15) is 13.2 Å². The summed E-state index contributed by atoms with van der Waals surface area (Å²) < 4.78 is 34.0. The van der Waals surface area contributed by atoms with Gasteiger partial charge < -0.3 is 14.2 Å². The van der Waals surface area contributed by atoms with Crippen molar-refractivity contribution in [3.63, 3.8) is 0 Å². The Kier molecular flexibility index (Phi) is 6.10. The molecule has 2 atom stereocenters. The molecule has 1 aliphatic rings. The predicted molar refractivity (Wildman–Crippen MR) is 121 cm³/mol. The van der Waals surface area contributed by atoms with Crippen LogP contribution in [0.1, 0.15) is 19.4 Å². The maximum Gasteiger partial charge on any atom is 0.242 e. The number of nitrogens with zero attached hydrogens (tertiary/aromatic N) is 2. The Labute approximate surface area is 187 Å². The van der Waals surface area contributed by atoms with E-state index in [4.69, 9.17) is 16.3 Å². The third kappa shape index (κ3) is 4.63. The number of carbonyl (C=O) groups is 1. The second-order valence-corrected chi connectivity index (χ2v) is 10.4. The first-order chi connectivity index (χ1) is 14.7. The van der Waals surface area contributed by atoms with E-state index < -0.39 is 9.84 Å². The SMILES string of the molecule is C[C@H]1CN(C(=O)Cn2cc(S(=O)(=O)Cc3ccccc3Cl)c3ccccc32)C[C@H](C)O1. The van der Waals surface area contributed by atoms with Crippen LogP contribution in [0.4, 0.5) is 0 Å². The van der Waals surface area contributed by atoms with Crippen LogP contribution in [0, 0.1) is 0 Å². The van der Waals surface area contributed by atoms with Crippen molar-refractivity contribution in [2.75, 3.05) is 13.1 Å². The Morgan fingerprint density at radius 2 is 1.71 bits per heavy atom. The summed E-state index contributed by atoms with van der Waals surface area (Å²) in [6.45, 7) is 5.02. The van der Waals surface area contributed by atoms with E-state index in [0.717, 1.165) is 0 Å². The average Bonchev–Trinajstić information content (AvgIpc) is 3.08. The smallest absolute Gasteiger partial charge is 0.242 e. The van der Waals surface area contributed by atoms with Crippen LogP contribution in [-0.2, 0) is 31.7 Å². The van der Waals surface area contributed by atoms with Gasteiger partial charge in [-0.3, -0.25) is 4.79 Å². The van der Waals surface area contributed by atoms with Crippen LogP contribution in [0.2, 0.25) is 5.02 Å². The molecule has 6 nitrogen and oxygen atoms in total. The lowest BCUT2D eigenvalue weighted by Crippen LogP contribution is -2.49. The van der Waals surface area contributed by atoms with E-state index in [1.807, 2.05) is 26.0 Å². The maximum atomic E-state index is 13.3. The Morgan fingerprint density at radius 1 is 1.06 bits per heavy atom. The summed E-state index contributed by atoms with van der Waals surface area (Å²) in [5.41, 5.74) is 1.26. The molecule has 0 radical (unpaired) electrons. The van der Waals surface area contributed by atoms with Crippen LogP contribution in [0.15, 0.2) is 59.6 Å². The number of carbonyl (C=O) groups excluding carboxylic acids is 1. The number of hydrogen-bond donors (Lipinski definition) is 0. The second-order valence-electron chi connectivity index (χ2n) is 8.04. The van der Waals surface area contributed by atoms with Crippen molar-refractivity contribution in [1.82, 2.24) is 9.47 Å². The molecule has 0 bridgehead atoms. The molecule has 1 saturated heterocycles. The van der Waals surface area contributed by atoms with Gasteiger partial charge >= 0.3 is 0 Å². The maximum absolute atomic E-state index is 13.3. The van der Waals surface area contributed by atoms with Crippen molar-refractivity contribution in [1.29, 1.82) is 0 Å². The minimum atomic E-state index is -3.67. The van der Waals surface area contributed by atoms with Gasteiger partial charge in [-0.2, -0.15) is 0 Å². The lowest BCUT2D eigenvalue weighted by atomic mass is 10.2. The van der Waals surface area contributed by atoms with Gasteiger partial charge in [0.1, 0.15) is 6.54 Å². The van der Waals surface area contributed by atoms with Gasteiger partial charge in [0.05, 0.1) is 22.9 Å². The number of para-hydroxylation sites is 1. The quantitative estimate of drug-likeness (QED) is 0.579. The topological polar surface area (TPSA) is 68.6 Å². The third-order valence-electron chi connectivity index (χ3n) is 5.47. The molecule has 1 aromatic heterocycles. The van der Waals surface area contributed by atoms with Crippen molar-refractivity contribution in [2.24, 2.45) is 0 Å². The van der Waals surface area contributed by atoms with E-state index in [1.165, 1.54) is 0 Å². The van der Waals surface area contributed by atoms with Gasteiger partial charge in [-0.05, 0) is 31.5 Å². The van der Waals surface area contributed by atoms with Gasteiger partial charge in [-0.25, -0.2) is 8.42 Å². The minimum absolute atomic E-state index is 0.0272. The fourth-order valence-electron chi connectivity index (χ4n) is 4.12. The Balaban J connectivity index is 1.66. The molecule has 0 N–H and O–H groups in total. The van der Waals surface area contributed by atoms with Gasteiger partial charge in [-0.1, -0.05) is 48.0 Å². The predicted octanol–water partition coefficient (Wildman–Crippen LogP) is 3.90. The van der Waals surface area contributed by atoms with E-state index in [-0.39, 0.29) is 35.3 Å². The lowest BCUT2D eigenvalue weighted by molar-refractivity contribution is -0.143. The fraction of sp³-hybridized carbons (Fsp3) is 0.348. The van der Waals surface area contributed by atoms with E-state index in [0.29, 0.717) is 34.6 Å². The molecule has 0 saturated carbocycles. The molecule has 164 valence electrons. The number of aromatic nitrogens is 1. The van der Waals surface area contributed by atoms with E-state index in [1.54, 1.807) is 52.1 Å². The summed E-state index contributed by atoms with van der Waals surface area (Å²) in [5, 5.41) is 1.02. The molecule has 0 aliphatic carbocycles. The van der Waals surface area contributed by atoms with Crippen LogP contribution < -0.4 is 0 Å². The number of morpholine rings is 1. The molecular formula is C23H25ClN2O4S. The first kappa shape index (κ1) is 21.9. The Hall–Kier alpha value is -2.35. The van der Waals surface area contributed by atoms with Crippen molar-refractivity contribution < 1.29 is 17.9 Å². The first-order valence-electron chi connectivity index (χ1n) is 10.2. The average molecular weight is 461 g/mol. The van der Waals surface area contributed by atoms with Crippen LogP contribution in [0.25, 0.3) is 10.9 Å². The number of halogens is 1. The third-order valence-corrected chi connectivity index (χ3v) is 7.52. The zero-order valence-corrected chi connectivity index (χ0v) is 19.1. The monoisotopic (exact) mass is 460 g/mol. The molecule has 4 rings (SSSR count). The normalized spacial score (nSPS) is 19.6. The zero-order chi connectivity index (χ0) is 22.2. The van der Waals surface area contributed by atoms with Gasteiger partial charge in [0.25, 0.3) is 0 Å². The fourth-order valence-corrected chi connectivity index (χ4v) is 6.01. The zero-order valence-electron chi connectivity index (χ0n) is 17.5. The number of benzene rings is 2. The molecule has 1 fully saturated rings. The highest BCUT2D eigenvalue weighted by Gasteiger charge is 2.27. The summed E-state index contributed by atoms with van der Waals surface area (Å²) in [6, 6.07) is 14.2.